The highest BCUT2D eigenvalue weighted by Crippen LogP contribution is 2.11. The molecule has 1 aromatic rings. The van der Waals surface area contributed by atoms with E-state index in [2.05, 4.69) is 16.8 Å². The van der Waals surface area contributed by atoms with E-state index in [1.165, 1.54) is 17.7 Å². The molecular formula is C11H18N4O2. The minimum atomic E-state index is -0.272. The Balaban J connectivity index is 2.40. The van der Waals surface area contributed by atoms with E-state index in [0.717, 1.165) is 30.7 Å². The van der Waals surface area contributed by atoms with Gasteiger partial charge < -0.3 is 9.80 Å². The molecule has 0 atom stereocenters. The van der Waals surface area contributed by atoms with Crippen molar-refractivity contribution in [3.05, 3.63) is 26.9 Å². The van der Waals surface area contributed by atoms with Crippen LogP contribution in [0.2, 0.25) is 0 Å². The first-order valence-corrected chi connectivity index (χ1v) is 5.71. The third-order valence-electron chi connectivity index (χ3n) is 3.33. The van der Waals surface area contributed by atoms with Crippen LogP contribution in [-0.2, 0) is 14.1 Å². The second-order valence-corrected chi connectivity index (χ2v) is 4.53. The molecule has 1 aromatic heterocycles. The Bertz CT molecular complexity index is 523. The minimum Gasteiger partial charge on any atom is -0.355 e. The first kappa shape index (κ1) is 11.9. The molecule has 2 heterocycles. The summed E-state index contributed by atoms with van der Waals surface area (Å²) in [6.45, 7) is 3.58. The van der Waals surface area contributed by atoms with Gasteiger partial charge in [0, 0.05) is 46.3 Å². The van der Waals surface area contributed by atoms with Crippen molar-refractivity contribution in [2.75, 3.05) is 38.1 Å². The van der Waals surface area contributed by atoms with Gasteiger partial charge in [0.15, 0.2) is 0 Å². The van der Waals surface area contributed by atoms with Crippen molar-refractivity contribution in [3.8, 4) is 0 Å². The zero-order chi connectivity index (χ0) is 12.6. The fraction of sp³-hybridized carbons (Fsp3) is 0.636. The lowest BCUT2D eigenvalue weighted by atomic mass is 10.3. The summed E-state index contributed by atoms with van der Waals surface area (Å²) >= 11 is 0. The lowest BCUT2D eigenvalue weighted by Crippen LogP contribution is -2.48. The van der Waals surface area contributed by atoms with E-state index in [0.29, 0.717) is 5.82 Å². The lowest BCUT2D eigenvalue weighted by Gasteiger charge is -2.34. The minimum absolute atomic E-state index is 0.248. The highest BCUT2D eigenvalue weighted by molar-refractivity contribution is 5.38. The summed E-state index contributed by atoms with van der Waals surface area (Å²) in [6.07, 6.45) is 0. The number of aromatic nitrogens is 2. The largest absolute Gasteiger partial charge is 0.355 e. The van der Waals surface area contributed by atoms with Gasteiger partial charge in [-0.1, -0.05) is 0 Å². The van der Waals surface area contributed by atoms with Gasteiger partial charge in [-0.2, -0.15) is 0 Å². The molecule has 17 heavy (non-hydrogen) atoms. The maximum absolute atomic E-state index is 11.8. The Labute approximate surface area is 99.7 Å². The second-order valence-electron chi connectivity index (χ2n) is 4.53. The van der Waals surface area contributed by atoms with Gasteiger partial charge in [0.2, 0.25) is 0 Å². The van der Waals surface area contributed by atoms with Crippen molar-refractivity contribution >= 4 is 5.82 Å². The van der Waals surface area contributed by atoms with Crippen LogP contribution >= 0.6 is 0 Å². The Morgan fingerprint density at radius 1 is 0.941 bits per heavy atom. The van der Waals surface area contributed by atoms with Crippen LogP contribution in [0, 0.1) is 0 Å². The molecule has 2 rings (SSSR count). The van der Waals surface area contributed by atoms with Gasteiger partial charge in [-0.15, -0.1) is 0 Å². The second kappa shape index (κ2) is 4.37. The fourth-order valence-corrected chi connectivity index (χ4v) is 2.06. The molecular weight excluding hydrogens is 220 g/mol. The normalized spacial score (nSPS) is 17.5. The molecule has 0 unspecified atom stereocenters. The molecule has 0 aromatic carbocycles. The topological polar surface area (TPSA) is 50.5 Å². The summed E-state index contributed by atoms with van der Waals surface area (Å²) in [5, 5.41) is 0. The molecule has 6 heteroatoms. The van der Waals surface area contributed by atoms with Gasteiger partial charge in [-0.25, -0.2) is 4.79 Å². The molecule has 1 aliphatic heterocycles. The predicted molar refractivity (Wildman–Crippen MR) is 66.6 cm³/mol. The Morgan fingerprint density at radius 2 is 1.53 bits per heavy atom. The number of anilines is 1. The van der Waals surface area contributed by atoms with Gasteiger partial charge in [0.1, 0.15) is 5.82 Å². The number of hydrogen-bond donors (Lipinski definition) is 0. The summed E-state index contributed by atoms with van der Waals surface area (Å²) in [5.41, 5.74) is -0.520. The number of piperazine rings is 1. The van der Waals surface area contributed by atoms with Crippen LogP contribution in [0.4, 0.5) is 5.82 Å². The van der Waals surface area contributed by atoms with E-state index in [-0.39, 0.29) is 11.2 Å². The van der Waals surface area contributed by atoms with E-state index in [4.69, 9.17) is 0 Å². The predicted octanol–water partition coefficient (Wildman–Crippen LogP) is -1.16. The smallest absolute Gasteiger partial charge is 0.332 e. The van der Waals surface area contributed by atoms with Crippen molar-refractivity contribution in [2.24, 2.45) is 14.1 Å². The van der Waals surface area contributed by atoms with Crippen LogP contribution in [0.1, 0.15) is 0 Å². The summed E-state index contributed by atoms with van der Waals surface area (Å²) in [6, 6.07) is 1.53. The van der Waals surface area contributed by atoms with E-state index < -0.39 is 0 Å². The van der Waals surface area contributed by atoms with Gasteiger partial charge in [0.25, 0.3) is 5.56 Å². The first-order valence-electron chi connectivity index (χ1n) is 5.71. The van der Waals surface area contributed by atoms with Crippen LogP contribution in [0.25, 0.3) is 0 Å². The first-order chi connectivity index (χ1) is 8.00. The highest BCUT2D eigenvalue weighted by atomic mass is 16.2. The van der Waals surface area contributed by atoms with Crippen LogP contribution in [0.5, 0.6) is 0 Å². The van der Waals surface area contributed by atoms with Crippen LogP contribution in [-0.4, -0.2) is 47.3 Å². The van der Waals surface area contributed by atoms with Crippen molar-refractivity contribution in [1.82, 2.24) is 14.0 Å². The molecule has 6 nitrogen and oxygen atoms in total. The molecule has 1 fully saturated rings. The Morgan fingerprint density at radius 3 is 2.12 bits per heavy atom. The van der Waals surface area contributed by atoms with E-state index in [1.54, 1.807) is 7.05 Å². The van der Waals surface area contributed by atoms with E-state index in [9.17, 15) is 9.59 Å². The average molecular weight is 238 g/mol. The molecule has 0 amide bonds. The van der Waals surface area contributed by atoms with Gasteiger partial charge in [-0.3, -0.25) is 13.9 Å². The van der Waals surface area contributed by atoms with Crippen molar-refractivity contribution in [2.45, 2.75) is 0 Å². The third kappa shape index (κ3) is 2.12. The number of likely N-dealkylation sites (N-methyl/N-ethyl adjacent to an activating group) is 1. The maximum atomic E-state index is 11.8. The maximum Gasteiger partial charge on any atom is 0.332 e. The zero-order valence-corrected chi connectivity index (χ0v) is 10.5. The Hall–Kier alpha value is -1.56. The molecule has 1 aliphatic rings. The molecule has 1 saturated heterocycles. The third-order valence-corrected chi connectivity index (χ3v) is 3.33. The highest BCUT2D eigenvalue weighted by Gasteiger charge is 2.17. The zero-order valence-electron chi connectivity index (χ0n) is 10.5. The molecule has 0 spiro atoms. The SMILES string of the molecule is CN1CCN(c2cc(=O)n(C)c(=O)n2C)CC1. The number of hydrogen-bond acceptors (Lipinski definition) is 4. The molecule has 0 aliphatic carbocycles. The molecule has 94 valence electrons. The molecule has 0 bridgehead atoms. The molecule has 0 radical (unpaired) electrons. The van der Waals surface area contributed by atoms with Crippen LogP contribution in [0.15, 0.2) is 15.7 Å². The van der Waals surface area contributed by atoms with E-state index in [1.807, 2.05) is 0 Å². The number of rotatable bonds is 1. The lowest BCUT2D eigenvalue weighted by molar-refractivity contribution is 0.310. The van der Waals surface area contributed by atoms with Crippen molar-refractivity contribution in [3.63, 3.8) is 0 Å². The molecule has 0 saturated carbocycles. The quantitative estimate of drug-likeness (QED) is 0.619. The summed E-state index contributed by atoms with van der Waals surface area (Å²) < 4.78 is 2.66. The van der Waals surface area contributed by atoms with Crippen LogP contribution in [0.3, 0.4) is 0 Å². The van der Waals surface area contributed by atoms with Gasteiger partial charge in [-0.05, 0) is 7.05 Å². The summed E-state index contributed by atoms with van der Waals surface area (Å²) in [5.74, 6) is 0.714. The van der Waals surface area contributed by atoms with Crippen molar-refractivity contribution in [1.29, 1.82) is 0 Å². The Kier molecular flexibility index (Phi) is 3.06. The summed E-state index contributed by atoms with van der Waals surface area (Å²) in [7, 11) is 5.27. The average Bonchev–Trinajstić information content (AvgIpc) is 2.32. The van der Waals surface area contributed by atoms with Crippen molar-refractivity contribution < 1.29 is 0 Å². The summed E-state index contributed by atoms with van der Waals surface area (Å²) in [4.78, 5) is 27.8. The fourth-order valence-electron chi connectivity index (χ4n) is 2.06. The molecule has 0 N–H and O–H groups in total. The standard InChI is InChI=1S/C11H18N4O2/c1-12-4-6-15(7-5-12)9-8-10(16)14(3)11(17)13(9)2/h8H,4-7H2,1-3H3. The van der Waals surface area contributed by atoms with Crippen LogP contribution < -0.4 is 16.1 Å². The van der Waals surface area contributed by atoms with E-state index >= 15 is 0 Å². The van der Waals surface area contributed by atoms with Gasteiger partial charge in [0.05, 0.1) is 0 Å². The monoisotopic (exact) mass is 238 g/mol. The van der Waals surface area contributed by atoms with Gasteiger partial charge >= 0.3 is 5.69 Å². The number of nitrogens with zero attached hydrogens (tertiary/aromatic N) is 4.